The van der Waals surface area contributed by atoms with Gasteiger partial charge in [-0.2, -0.15) is 13.2 Å². The fraction of sp³-hybridized carbons (Fsp3) is 0.389. The van der Waals surface area contributed by atoms with Crippen LogP contribution in [0.25, 0.3) is 21.6 Å². The van der Waals surface area contributed by atoms with Crippen molar-refractivity contribution in [2.45, 2.75) is 31.4 Å². The number of pyridine rings is 1. The van der Waals surface area contributed by atoms with Gasteiger partial charge in [-0.1, -0.05) is 17.4 Å². The molecule has 4 rings (SSSR count). The van der Waals surface area contributed by atoms with Crippen LogP contribution < -0.4 is 5.32 Å². The first-order chi connectivity index (χ1) is 13.0. The predicted octanol–water partition coefficient (Wildman–Crippen LogP) is 4.44. The van der Waals surface area contributed by atoms with E-state index in [1.807, 2.05) is 0 Å². The van der Waals surface area contributed by atoms with Crippen LogP contribution in [0.15, 0.2) is 24.3 Å². The van der Waals surface area contributed by atoms with Crippen molar-refractivity contribution in [2.75, 3.05) is 18.5 Å². The number of hydrogen-bond acceptors (Lipinski definition) is 6. The maximum atomic E-state index is 13.6. The molecule has 2 aromatic heterocycles. The Morgan fingerprint density at radius 3 is 2.70 bits per heavy atom. The van der Waals surface area contributed by atoms with Crippen molar-refractivity contribution >= 4 is 27.4 Å². The van der Waals surface area contributed by atoms with Crippen LogP contribution in [0.5, 0.6) is 0 Å². The molecule has 27 heavy (non-hydrogen) atoms. The maximum Gasteiger partial charge on any atom is 0.418 e. The third-order valence-corrected chi connectivity index (χ3v) is 5.33. The average Bonchev–Trinajstić information content (AvgIpc) is 3.38. The summed E-state index contributed by atoms with van der Waals surface area (Å²) in [6, 6.07) is 6.38. The van der Waals surface area contributed by atoms with Gasteiger partial charge in [0.15, 0.2) is 5.01 Å². The molecule has 0 unspecified atom stereocenters. The molecule has 1 aliphatic rings. The lowest BCUT2D eigenvalue weighted by molar-refractivity contribution is -0.136. The summed E-state index contributed by atoms with van der Waals surface area (Å²) in [6.07, 6.45) is -2.02. The summed E-state index contributed by atoms with van der Waals surface area (Å²) >= 11 is 1.22. The number of aliphatic hydroxyl groups excluding tert-OH is 1. The van der Waals surface area contributed by atoms with Crippen LogP contribution in [0, 0.1) is 0 Å². The van der Waals surface area contributed by atoms with Gasteiger partial charge in [-0.05, 0) is 48.9 Å². The van der Waals surface area contributed by atoms with Gasteiger partial charge in [-0.3, -0.25) is 0 Å². The fourth-order valence-corrected chi connectivity index (χ4v) is 3.66. The summed E-state index contributed by atoms with van der Waals surface area (Å²) in [5.74, 6) is 0.228. The molecule has 0 bridgehead atoms. The number of aliphatic hydroxyl groups is 1. The van der Waals surface area contributed by atoms with Crippen molar-refractivity contribution in [3.05, 3.63) is 35.4 Å². The van der Waals surface area contributed by atoms with Gasteiger partial charge in [0.05, 0.1) is 11.1 Å². The molecule has 0 spiro atoms. The molecular weight excluding hydrogens is 377 g/mol. The lowest BCUT2D eigenvalue weighted by Crippen LogP contribution is -2.08. The topological polar surface area (TPSA) is 70.9 Å². The number of nitrogens with zero attached hydrogens (tertiary/aromatic N) is 3. The van der Waals surface area contributed by atoms with Gasteiger partial charge in [0.2, 0.25) is 5.13 Å². The lowest BCUT2D eigenvalue weighted by Gasteiger charge is -2.13. The summed E-state index contributed by atoms with van der Waals surface area (Å²) in [6.45, 7) is 0.604. The summed E-state index contributed by atoms with van der Waals surface area (Å²) in [4.78, 5) is 4.26. The Balaban J connectivity index is 1.72. The quantitative estimate of drug-likeness (QED) is 0.605. The molecule has 0 amide bonds. The van der Waals surface area contributed by atoms with Gasteiger partial charge in [0.1, 0.15) is 5.69 Å². The molecule has 2 N–H and O–H groups in total. The second kappa shape index (κ2) is 7.05. The first-order valence-electron chi connectivity index (χ1n) is 8.66. The van der Waals surface area contributed by atoms with Crippen LogP contribution >= 0.6 is 11.3 Å². The zero-order valence-electron chi connectivity index (χ0n) is 14.3. The smallest absolute Gasteiger partial charge is 0.396 e. The highest BCUT2D eigenvalue weighted by molar-refractivity contribution is 7.18. The Bertz CT molecular complexity index is 969. The molecule has 3 aromatic rings. The van der Waals surface area contributed by atoms with Crippen LogP contribution in [-0.2, 0) is 6.18 Å². The van der Waals surface area contributed by atoms with E-state index < -0.39 is 11.7 Å². The van der Waals surface area contributed by atoms with E-state index in [2.05, 4.69) is 20.5 Å². The van der Waals surface area contributed by atoms with E-state index in [1.165, 1.54) is 17.4 Å². The number of anilines is 1. The molecule has 0 atom stereocenters. The van der Waals surface area contributed by atoms with E-state index in [4.69, 9.17) is 5.11 Å². The van der Waals surface area contributed by atoms with Gasteiger partial charge in [0, 0.05) is 18.5 Å². The normalized spacial score (nSPS) is 14.7. The third kappa shape index (κ3) is 3.89. The number of fused-ring (bicyclic) bond motifs is 1. The molecule has 2 heterocycles. The summed E-state index contributed by atoms with van der Waals surface area (Å²) < 4.78 is 40.8. The third-order valence-electron chi connectivity index (χ3n) is 4.42. The van der Waals surface area contributed by atoms with Crippen LogP contribution in [0.2, 0.25) is 0 Å². The largest absolute Gasteiger partial charge is 0.418 e. The van der Waals surface area contributed by atoms with Crippen molar-refractivity contribution in [1.82, 2.24) is 15.2 Å². The van der Waals surface area contributed by atoms with Crippen molar-refractivity contribution in [3.63, 3.8) is 0 Å². The molecule has 1 aromatic carbocycles. The van der Waals surface area contributed by atoms with Gasteiger partial charge in [-0.25, -0.2) is 4.98 Å². The van der Waals surface area contributed by atoms with E-state index in [0.29, 0.717) is 34.2 Å². The Labute approximate surface area is 157 Å². The Kier molecular flexibility index (Phi) is 4.73. The van der Waals surface area contributed by atoms with E-state index >= 15 is 0 Å². The van der Waals surface area contributed by atoms with Gasteiger partial charge >= 0.3 is 6.18 Å². The molecular formula is C18H17F3N4OS. The average molecular weight is 394 g/mol. The standard InChI is InChI=1S/C18H17F3N4OS/c19-18(20,21)13-9-12(10-2-3-10)8-11-4-5-14(23-15(11)13)16-24-25-17(27-16)22-6-1-7-26/h4-5,8-10,26H,1-3,6-7H2,(H,22,25). The van der Waals surface area contributed by atoms with Gasteiger partial charge < -0.3 is 10.4 Å². The molecule has 1 aliphatic carbocycles. The van der Waals surface area contributed by atoms with Crippen LogP contribution in [0.4, 0.5) is 18.3 Å². The predicted molar refractivity (Wildman–Crippen MR) is 97.8 cm³/mol. The number of hydrogen-bond donors (Lipinski definition) is 2. The molecule has 0 radical (unpaired) electrons. The number of rotatable bonds is 6. The maximum absolute atomic E-state index is 13.6. The summed E-state index contributed by atoms with van der Waals surface area (Å²) in [7, 11) is 0. The van der Waals surface area contributed by atoms with Gasteiger partial charge in [-0.15, -0.1) is 10.2 Å². The molecule has 9 heteroatoms. The Morgan fingerprint density at radius 1 is 1.19 bits per heavy atom. The second-order valence-corrected chi connectivity index (χ2v) is 7.50. The lowest BCUT2D eigenvalue weighted by atomic mass is 10.0. The minimum Gasteiger partial charge on any atom is -0.396 e. The minimum absolute atomic E-state index is 0.0608. The highest BCUT2D eigenvalue weighted by Crippen LogP contribution is 2.44. The zero-order valence-corrected chi connectivity index (χ0v) is 15.1. The van der Waals surface area contributed by atoms with Crippen molar-refractivity contribution in [1.29, 1.82) is 0 Å². The van der Waals surface area contributed by atoms with Crippen LogP contribution in [0.3, 0.4) is 0 Å². The molecule has 142 valence electrons. The second-order valence-electron chi connectivity index (χ2n) is 6.53. The Hall–Kier alpha value is -2.26. The van der Waals surface area contributed by atoms with Crippen LogP contribution in [0.1, 0.15) is 36.3 Å². The monoisotopic (exact) mass is 394 g/mol. The molecule has 5 nitrogen and oxygen atoms in total. The van der Waals surface area contributed by atoms with E-state index in [0.717, 1.165) is 18.4 Å². The van der Waals surface area contributed by atoms with E-state index in [1.54, 1.807) is 18.2 Å². The van der Waals surface area contributed by atoms with Crippen LogP contribution in [-0.4, -0.2) is 33.4 Å². The molecule has 0 aliphatic heterocycles. The zero-order chi connectivity index (χ0) is 19.0. The number of benzene rings is 1. The molecule has 0 saturated heterocycles. The minimum atomic E-state index is -4.47. The van der Waals surface area contributed by atoms with Crippen molar-refractivity contribution in [3.8, 4) is 10.7 Å². The van der Waals surface area contributed by atoms with Crippen molar-refractivity contribution < 1.29 is 18.3 Å². The summed E-state index contributed by atoms with van der Waals surface area (Å²) in [5, 5.41) is 21.3. The number of aromatic nitrogens is 3. The van der Waals surface area contributed by atoms with Crippen molar-refractivity contribution in [2.24, 2.45) is 0 Å². The highest BCUT2D eigenvalue weighted by Gasteiger charge is 2.36. The summed E-state index contributed by atoms with van der Waals surface area (Å²) in [5.41, 5.74) is 0.333. The van der Waals surface area contributed by atoms with E-state index in [-0.39, 0.29) is 18.0 Å². The molecule has 1 saturated carbocycles. The number of halogens is 3. The van der Waals surface area contributed by atoms with E-state index in [9.17, 15) is 13.2 Å². The Morgan fingerprint density at radius 2 is 2.00 bits per heavy atom. The highest BCUT2D eigenvalue weighted by atomic mass is 32.1. The first kappa shape index (κ1) is 18.1. The number of alkyl halides is 3. The van der Waals surface area contributed by atoms with Gasteiger partial charge in [0.25, 0.3) is 0 Å². The fourth-order valence-electron chi connectivity index (χ4n) is 2.92. The molecule has 1 fully saturated rings. The first-order valence-corrected chi connectivity index (χ1v) is 9.48. The SMILES string of the molecule is OCCCNc1nnc(-c2ccc3cc(C4CC4)cc(C(F)(F)F)c3n2)s1. The number of nitrogens with one attached hydrogen (secondary N) is 1.